The zero-order chi connectivity index (χ0) is 27.2. The number of amidine groups is 1. The molecule has 2 aromatic carbocycles. The Kier molecular flexibility index (Phi) is 7.66. The molecule has 0 aliphatic rings. The summed E-state index contributed by atoms with van der Waals surface area (Å²) < 4.78 is 17.5. The molecule has 5 N–H and O–H groups in total. The Labute approximate surface area is 217 Å². The van der Waals surface area contributed by atoms with Crippen molar-refractivity contribution in [3.63, 3.8) is 0 Å². The Balaban J connectivity index is 1.82. The third-order valence-electron chi connectivity index (χ3n) is 5.31. The van der Waals surface area contributed by atoms with Gasteiger partial charge in [-0.3, -0.25) is 15.2 Å². The normalized spacial score (nSPS) is 11.4. The van der Waals surface area contributed by atoms with Crippen LogP contribution in [0.25, 0.3) is 5.95 Å². The predicted octanol–water partition coefficient (Wildman–Crippen LogP) is 2.17. The van der Waals surface area contributed by atoms with E-state index in [4.69, 9.17) is 25.4 Å². The van der Waals surface area contributed by atoms with Crippen LogP contribution in [0.3, 0.4) is 0 Å². The molecule has 0 aliphatic heterocycles. The number of ether oxygens (including phenoxy) is 3. The van der Waals surface area contributed by atoms with Crippen LogP contribution >= 0.6 is 0 Å². The van der Waals surface area contributed by atoms with Crippen LogP contribution in [0, 0.1) is 5.41 Å². The van der Waals surface area contributed by atoms with Crippen LogP contribution in [0.1, 0.15) is 36.8 Å². The highest BCUT2D eigenvalue weighted by Crippen LogP contribution is 2.34. The van der Waals surface area contributed by atoms with Gasteiger partial charge in [0.25, 0.3) is 5.95 Å². The summed E-state index contributed by atoms with van der Waals surface area (Å²) in [6.07, 6.45) is 3.01. The second-order valence-corrected chi connectivity index (χ2v) is 7.91. The number of nitrogens with zero attached hydrogens (tertiary/aromatic N) is 4. The largest absolute Gasteiger partial charge is 0.493 e. The van der Waals surface area contributed by atoms with Crippen molar-refractivity contribution in [2.75, 3.05) is 19.0 Å². The van der Waals surface area contributed by atoms with Crippen LogP contribution in [0.15, 0.2) is 59.7 Å². The van der Waals surface area contributed by atoms with Crippen molar-refractivity contribution in [3.05, 3.63) is 82.3 Å². The van der Waals surface area contributed by atoms with Crippen molar-refractivity contribution in [1.29, 1.82) is 5.41 Å². The van der Waals surface area contributed by atoms with E-state index in [0.717, 1.165) is 4.68 Å². The molecule has 0 radical (unpaired) electrons. The molecule has 13 nitrogen and oxygen atoms in total. The zero-order valence-corrected chi connectivity index (χ0v) is 20.9. The maximum atomic E-state index is 12.8. The Hall–Kier alpha value is -5.20. The summed E-state index contributed by atoms with van der Waals surface area (Å²) in [6.45, 7) is 3.57. The molecule has 0 bridgehead atoms. The third-order valence-corrected chi connectivity index (χ3v) is 5.31. The van der Waals surface area contributed by atoms with Gasteiger partial charge in [-0.15, -0.1) is 9.78 Å². The third kappa shape index (κ3) is 5.61. The minimum Gasteiger partial charge on any atom is -0.493 e. The van der Waals surface area contributed by atoms with E-state index in [-0.39, 0.29) is 28.9 Å². The number of rotatable bonds is 10. The van der Waals surface area contributed by atoms with Crippen LogP contribution in [0.5, 0.6) is 17.2 Å². The number of nitrogen functional groups attached to an aromatic ring is 1. The van der Waals surface area contributed by atoms with Gasteiger partial charge in [-0.1, -0.05) is 6.07 Å². The number of H-pyrrole nitrogens is 1. The number of nitrogens with one attached hydrogen (secondary N) is 3. The van der Waals surface area contributed by atoms with Crippen LogP contribution in [-0.2, 0) is 4.79 Å². The molecule has 38 heavy (non-hydrogen) atoms. The Morgan fingerprint density at radius 1 is 1.16 bits per heavy atom. The van der Waals surface area contributed by atoms with Gasteiger partial charge < -0.3 is 25.3 Å². The van der Waals surface area contributed by atoms with E-state index >= 15 is 0 Å². The van der Waals surface area contributed by atoms with Gasteiger partial charge in [0.05, 0.1) is 19.3 Å². The van der Waals surface area contributed by atoms with Crippen LogP contribution < -0.4 is 31.0 Å². The highest BCUT2D eigenvalue weighted by atomic mass is 16.5. The molecule has 0 saturated carbocycles. The van der Waals surface area contributed by atoms with Crippen LogP contribution in [0.2, 0.25) is 0 Å². The summed E-state index contributed by atoms with van der Waals surface area (Å²) in [7, 11) is 1.53. The van der Waals surface area contributed by atoms with Crippen molar-refractivity contribution in [3.8, 4) is 23.2 Å². The molecule has 2 heterocycles. The number of hydrogen-bond donors (Lipinski definition) is 4. The van der Waals surface area contributed by atoms with Gasteiger partial charge in [0, 0.05) is 31.1 Å². The lowest BCUT2D eigenvalue weighted by Crippen LogP contribution is -2.18. The first-order valence-electron chi connectivity index (χ1n) is 11.5. The van der Waals surface area contributed by atoms with Crippen LogP contribution in [0.4, 0.5) is 5.69 Å². The Morgan fingerprint density at radius 3 is 2.58 bits per heavy atom. The SMILES string of the molecule is CCOc1ccc([C@H](Nc2ccc(C(=N)N)c(OC(C)=O)c2)c2nn(-c3ncccn3)c(=O)[nH]2)cc1OC. The predicted molar refractivity (Wildman–Crippen MR) is 138 cm³/mol. The topological polar surface area (TPSA) is 183 Å². The van der Waals surface area contributed by atoms with Gasteiger partial charge in [-0.25, -0.2) is 14.8 Å². The first kappa shape index (κ1) is 25.9. The number of aromatic nitrogens is 5. The second kappa shape index (κ2) is 11.2. The van der Waals surface area contributed by atoms with Crippen molar-refractivity contribution < 1.29 is 19.0 Å². The van der Waals surface area contributed by atoms with Gasteiger partial charge in [-0.05, 0) is 42.8 Å². The van der Waals surface area contributed by atoms with Gasteiger partial charge in [0.1, 0.15) is 17.6 Å². The number of carbonyl (C=O) groups is 1. The number of esters is 1. The molecule has 4 aromatic rings. The lowest BCUT2D eigenvalue weighted by Gasteiger charge is -2.20. The zero-order valence-electron chi connectivity index (χ0n) is 20.9. The van der Waals surface area contributed by atoms with Gasteiger partial charge >= 0.3 is 11.7 Å². The molecule has 4 rings (SSSR count). The number of hydrogen-bond acceptors (Lipinski definition) is 10. The molecule has 0 spiro atoms. The fourth-order valence-electron chi connectivity index (χ4n) is 3.70. The van der Waals surface area contributed by atoms with E-state index in [1.807, 2.05) is 6.92 Å². The van der Waals surface area contributed by atoms with E-state index in [0.29, 0.717) is 29.4 Å². The molecular weight excluding hydrogens is 492 g/mol. The number of carbonyl (C=O) groups excluding carboxylic acids is 1. The van der Waals surface area contributed by atoms with E-state index < -0.39 is 17.7 Å². The fraction of sp³-hybridized carbons (Fsp3) is 0.200. The lowest BCUT2D eigenvalue weighted by molar-refractivity contribution is -0.131. The van der Waals surface area contributed by atoms with Gasteiger partial charge in [0.15, 0.2) is 17.3 Å². The van der Waals surface area contributed by atoms with Crippen molar-refractivity contribution in [1.82, 2.24) is 24.7 Å². The van der Waals surface area contributed by atoms with E-state index in [1.165, 1.54) is 32.5 Å². The first-order chi connectivity index (χ1) is 18.3. The number of aromatic amines is 1. The monoisotopic (exact) mass is 518 g/mol. The van der Waals surface area contributed by atoms with Crippen LogP contribution in [-0.4, -0.2) is 50.3 Å². The highest BCUT2D eigenvalue weighted by molar-refractivity contribution is 5.98. The molecule has 0 amide bonds. The van der Waals surface area contributed by atoms with Crippen molar-refractivity contribution >= 4 is 17.5 Å². The standard InChI is InChI=1S/C25H26N8O5/c1-4-37-18-9-6-15(12-20(18)36-3)21(23-31-25(35)33(32-23)24-28-10-5-11-29-24)30-16-7-8-17(22(26)27)19(13-16)38-14(2)34/h5-13,21,30H,4H2,1-3H3,(H3,26,27)(H,31,32,35)/t21-/m0/s1. The fourth-order valence-corrected chi connectivity index (χ4v) is 3.70. The minimum atomic E-state index is -0.717. The maximum absolute atomic E-state index is 12.8. The summed E-state index contributed by atoms with van der Waals surface area (Å²) in [5.74, 6) is 0.669. The maximum Gasteiger partial charge on any atom is 0.350 e. The molecule has 1 atom stereocenters. The van der Waals surface area contributed by atoms with Crippen molar-refractivity contribution in [2.45, 2.75) is 19.9 Å². The van der Waals surface area contributed by atoms with E-state index in [1.54, 1.807) is 36.4 Å². The molecule has 2 aromatic heterocycles. The average Bonchev–Trinajstić information content (AvgIpc) is 3.29. The second-order valence-electron chi connectivity index (χ2n) is 7.91. The summed E-state index contributed by atoms with van der Waals surface area (Å²) in [6, 6.07) is 11.0. The quantitative estimate of drug-likeness (QED) is 0.105. The smallest absolute Gasteiger partial charge is 0.350 e. The van der Waals surface area contributed by atoms with Gasteiger partial charge in [0.2, 0.25) is 0 Å². The molecular formula is C25H26N8O5. The Bertz CT molecular complexity index is 1520. The molecule has 0 fully saturated rings. The summed E-state index contributed by atoms with van der Waals surface area (Å²) in [5, 5.41) is 15.5. The van der Waals surface area contributed by atoms with E-state index in [2.05, 4.69) is 25.4 Å². The molecule has 13 heteroatoms. The Morgan fingerprint density at radius 2 is 1.92 bits per heavy atom. The number of nitrogens with two attached hydrogens (primary N) is 1. The molecule has 0 saturated heterocycles. The molecule has 0 unspecified atom stereocenters. The highest BCUT2D eigenvalue weighted by Gasteiger charge is 2.23. The average molecular weight is 519 g/mol. The van der Waals surface area contributed by atoms with E-state index in [9.17, 15) is 9.59 Å². The first-order valence-corrected chi connectivity index (χ1v) is 11.5. The molecule has 0 aliphatic carbocycles. The number of anilines is 1. The lowest BCUT2D eigenvalue weighted by atomic mass is 10.0. The molecule has 196 valence electrons. The van der Waals surface area contributed by atoms with Gasteiger partial charge in [-0.2, -0.15) is 0 Å². The van der Waals surface area contributed by atoms with Crippen molar-refractivity contribution in [2.24, 2.45) is 5.73 Å². The number of methoxy groups -OCH3 is 1. The minimum absolute atomic E-state index is 0.103. The number of benzene rings is 2. The summed E-state index contributed by atoms with van der Waals surface area (Å²) in [4.78, 5) is 35.4. The summed E-state index contributed by atoms with van der Waals surface area (Å²) >= 11 is 0. The summed E-state index contributed by atoms with van der Waals surface area (Å²) in [5.41, 5.74) is 6.53.